The lowest BCUT2D eigenvalue weighted by Gasteiger charge is -2.14. The summed E-state index contributed by atoms with van der Waals surface area (Å²) < 4.78 is 5.32. The second-order valence-corrected chi connectivity index (χ2v) is 13.8. The largest absolute Gasteiger partial charge is 0.462 e. The fraction of sp³-hybridized carbons (Fsp3) is 0.235. The molecule has 5 rings (SSSR count). The highest BCUT2D eigenvalue weighted by atomic mass is 32.2. The first-order valence-corrected chi connectivity index (χ1v) is 17.2. The average molecular weight is 660 g/mol. The highest BCUT2D eigenvalue weighted by Gasteiger charge is 2.28. The molecule has 1 aliphatic carbocycles. The van der Waals surface area contributed by atoms with E-state index in [0.29, 0.717) is 21.8 Å². The highest BCUT2D eigenvalue weighted by molar-refractivity contribution is 8.00. The van der Waals surface area contributed by atoms with Crippen LogP contribution in [0.5, 0.6) is 0 Å². The zero-order valence-corrected chi connectivity index (χ0v) is 27.3. The van der Waals surface area contributed by atoms with E-state index in [1.807, 2.05) is 29.6 Å². The first-order valence-electron chi connectivity index (χ1n) is 14.6. The topological polar surface area (TPSA) is 114 Å². The van der Waals surface area contributed by atoms with Gasteiger partial charge in [-0.2, -0.15) is 0 Å². The number of esters is 1. The summed E-state index contributed by atoms with van der Waals surface area (Å²) in [6, 6.07) is 19.6. The molecule has 0 spiro atoms. The lowest BCUT2D eigenvalue weighted by atomic mass is 9.95. The molecule has 45 heavy (non-hydrogen) atoms. The number of aryl methyl sites for hydroxylation is 1. The summed E-state index contributed by atoms with van der Waals surface area (Å²) in [5, 5.41) is 10.5. The molecule has 0 bridgehead atoms. The van der Waals surface area contributed by atoms with Gasteiger partial charge < -0.3 is 20.7 Å². The van der Waals surface area contributed by atoms with Crippen molar-refractivity contribution in [3.63, 3.8) is 0 Å². The molecule has 0 saturated carbocycles. The monoisotopic (exact) mass is 659 g/mol. The van der Waals surface area contributed by atoms with Crippen LogP contribution in [0.2, 0.25) is 0 Å². The molecule has 1 aliphatic rings. The number of thiophene rings is 2. The fourth-order valence-electron chi connectivity index (χ4n) is 4.85. The molecule has 0 aliphatic heterocycles. The first kappa shape index (κ1) is 32.2. The third kappa shape index (κ3) is 8.30. The van der Waals surface area contributed by atoms with Gasteiger partial charge in [-0.05, 0) is 92.9 Å². The lowest BCUT2D eigenvalue weighted by molar-refractivity contribution is -0.115. The number of ether oxygens (including phenoxy) is 1. The molecule has 1 unspecified atom stereocenters. The van der Waals surface area contributed by atoms with E-state index in [1.54, 1.807) is 62.4 Å². The van der Waals surface area contributed by atoms with Crippen LogP contribution in [0.15, 0.2) is 82.7 Å². The summed E-state index contributed by atoms with van der Waals surface area (Å²) in [5.74, 6) is -1.50. The number of rotatable bonds is 11. The third-order valence-corrected chi connectivity index (χ3v) is 10.1. The van der Waals surface area contributed by atoms with Gasteiger partial charge in [0, 0.05) is 25.9 Å². The number of nitrogens with one attached hydrogen (secondary N) is 3. The summed E-state index contributed by atoms with van der Waals surface area (Å²) >= 11 is 4.24. The molecule has 232 valence electrons. The maximum absolute atomic E-state index is 13.4. The Hall–Kier alpha value is -4.19. The van der Waals surface area contributed by atoms with Crippen molar-refractivity contribution in [1.82, 2.24) is 5.32 Å². The van der Waals surface area contributed by atoms with Crippen molar-refractivity contribution >= 4 is 74.9 Å². The molecule has 2 heterocycles. The number of anilines is 2. The van der Waals surface area contributed by atoms with Gasteiger partial charge in [0.05, 0.1) is 17.4 Å². The van der Waals surface area contributed by atoms with Crippen molar-refractivity contribution in [2.75, 3.05) is 17.2 Å². The Morgan fingerprint density at radius 3 is 2.53 bits per heavy atom. The minimum absolute atomic E-state index is 0.105. The number of carbonyl (C=O) groups excluding carboxylic acids is 4. The zero-order valence-electron chi connectivity index (χ0n) is 24.9. The minimum atomic E-state index is -0.496. The molecule has 11 heteroatoms. The van der Waals surface area contributed by atoms with Gasteiger partial charge in [0.1, 0.15) is 10.7 Å². The molecule has 0 fully saturated rings. The molecule has 3 amide bonds. The van der Waals surface area contributed by atoms with Crippen molar-refractivity contribution in [1.29, 1.82) is 0 Å². The van der Waals surface area contributed by atoms with Gasteiger partial charge in [0.2, 0.25) is 5.91 Å². The Kier molecular flexibility index (Phi) is 10.9. The molecule has 0 radical (unpaired) electrons. The number of amides is 3. The Morgan fingerprint density at radius 1 is 0.978 bits per heavy atom. The molecule has 2 aromatic carbocycles. The van der Waals surface area contributed by atoms with Gasteiger partial charge in [0.25, 0.3) is 11.8 Å². The molecule has 3 N–H and O–H groups in total. The van der Waals surface area contributed by atoms with E-state index in [0.717, 1.165) is 45.9 Å². The second kappa shape index (κ2) is 15.2. The maximum Gasteiger partial charge on any atom is 0.341 e. The van der Waals surface area contributed by atoms with Crippen LogP contribution in [0.25, 0.3) is 6.08 Å². The number of fused-ring (bicyclic) bond motifs is 1. The summed E-state index contributed by atoms with van der Waals surface area (Å²) in [6.07, 6.45) is 5.41. The standard InChI is InChI=1S/C34H33N3O5S3/c1-3-42-34(41)29-26-16-7-8-17-28(26)45-33(29)37-30(38)21(2)44-25-14-9-13-23(19-25)35-32(40)27(20-24-15-10-18-43-24)36-31(39)22-11-5-4-6-12-22/h4-6,9-15,18-21H,3,7-8,16-17H2,1-2H3,(H,35,40)(H,36,39)(H,37,38)/b27-20-. The van der Waals surface area contributed by atoms with E-state index in [-0.39, 0.29) is 18.2 Å². The average Bonchev–Trinajstić information content (AvgIpc) is 3.69. The molecule has 0 saturated heterocycles. The SMILES string of the molecule is CCOC(=O)c1c(NC(=O)C(C)Sc2cccc(NC(=O)/C(=C/c3cccs3)NC(=O)c3ccccc3)c2)sc2c1CCCC2. The summed E-state index contributed by atoms with van der Waals surface area (Å²) in [6.45, 7) is 3.83. The van der Waals surface area contributed by atoms with Gasteiger partial charge in [-0.3, -0.25) is 14.4 Å². The normalized spacial score (nSPS) is 13.3. The summed E-state index contributed by atoms with van der Waals surface area (Å²) in [5.41, 5.74) is 2.53. The Morgan fingerprint density at radius 2 is 1.78 bits per heavy atom. The first-order chi connectivity index (χ1) is 21.8. The van der Waals surface area contributed by atoms with Gasteiger partial charge in [-0.25, -0.2) is 4.79 Å². The maximum atomic E-state index is 13.4. The second-order valence-electron chi connectivity index (χ2n) is 10.3. The van der Waals surface area contributed by atoms with Crippen LogP contribution in [0.4, 0.5) is 10.7 Å². The predicted molar refractivity (Wildman–Crippen MR) is 182 cm³/mol. The molecule has 8 nitrogen and oxygen atoms in total. The molecule has 4 aromatic rings. The molecular weight excluding hydrogens is 627 g/mol. The van der Waals surface area contributed by atoms with Crippen molar-refractivity contribution in [3.05, 3.63) is 104 Å². The fourth-order valence-corrected chi connectivity index (χ4v) is 7.71. The molecular formula is C34H33N3O5S3. The molecule has 2 aromatic heterocycles. The molecule has 1 atom stereocenters. The Labute approximate surface area is 274 Å². The van der Waals surface area contributed by atoms with Crippen molar-refractivity contribution in [2.45, 2.75) is 49.7 Å². The van der Waals surface area contributed by atoms with E-state index in [2.05, 4.69) is 16.0 Å². The van der Waals surface area contributed by atoms with Gasteiger partial charge in [-0.1, -0.05) is 30.3 Å². The Balaban J connectivity index is 1.27. The smallest absolute Gasteiger partial charge is 0.341 e. The van der Waals surface area contributed by atoms with E-state index in [1.165, 1.54) is 34.4 Å². The number of hydrogen-bond donors (Lipinski definition) is 3. The van der Waals surface area contributed by atoms with Gasteiger partial charge in [-0.15, -0.1) is 34.4 Å². The quantitative estimate of drug-likeness (QED) is 0.0879. The van der Waals surface area contributed by atoms with E-state index in [4.69, 9.17) is 4.74 Å². The zero-order chi connectivity index (χ0) is 31.8. The Bertz CT molecular complexity index is 1710. The van der Waals surface area contributed by atoms with Crippen LogP contribution in [-0.2, 0) is 27.2 Å². The van der Waals surface area contributed by atoms with Crippen molar-refractivity contribution in [2.24, 2.45) is 0 Å². The highest BCUT2D eigenvalue weighted by Crippen LogP contribution is 2.39. The third-order valence-electron chi connectivity index (χ3n) is 7.02. The number of hydrogen-bond acceptors (Lipinski definition) is 8. The summed E-state index contributed by atoms with van der Waals surface area (Å²) in [7, 11) is 0. The number of carbonyl (C=O) groups is 4. The minimum Gasteiger partial charge on any atom is -0.462 e. The van der Waals surface area contributed by atoms with Crippen molar-refractivity contribution < 1.29 is 23.9 Å². The van der Waals surface area contributed by atoms with Crippen LogP contribution < -0.4 is 16.0 Å². The van der Waals surface area contributed by atoms with E-state index in [9.17, 15) is 19.2 Å². The number of benzene rings is 2. The summed E-state index contributed by atoms with van der Waals surface area (Å²) in [4.78, 5) is 55.0. The van der Waals surface area contributed by atoms with Crippen LogP contribution in [0.1, 0.15) is 62.7 Å². The van der Waals surface area contributed by atoms with Gasteiger partial charge in [0.15, 0.2) is 0 Å². The van der Waals surface area contributed by atoms with E-state index >= 15 is 0 Å². The van der Waals surface area contributed by atoms with Crippen molar-refractivity contribution in [3.8, 4) is 0 Å². The van der Waals surface area contributed by atoms with Crippen LogP contribution >= 0.6 is 34.4 Å². The van der Waals surface area contributed by atoms with Crippen LogP contribution in [0.3, 0.4) is 0 Å². The van der Waals surface area contributed by atoms with Crippen LogP contribution in [0, 0.1) is 0 Å². The predicted octanol–water partition coefficient (Wildman–Crippen LogP) is 7.39. The van der Waals surface area contributed by atoms with E-state index < -0.39 is 23.0 Å². The number of thioether (sulfide) groups is 1. The van der Waals surface area contributed by atoms with Crippen LogP contribution in [-0.4, -0.2) is 35.5 Å². The van der Waals surface area contributed by atoms with Gasteiger partial charge >= 0.3 is 5.97 Å². The lowest BCUT2D eigenvalue weighted by Crippen LogP contribution is -2.30.